The lowest BCUT2D eigenvalue weighted by atomic mass is 10.1. The second-order valence-corrected chi connectivity index (χ2v) is 6.68. The molecule has 0 saturated heterocycles. The Morgan fingerprint density at radius 2 is 2.04 bits per heavy atom. The molecule has 0 atom stereocenters. The molecule has 2 aromatic carbocycles. The third-order valence-corrected chi connectivity index (χ3v) is 4.71. The van der Waals surface area contributed by atoms with Crippen LogP contribution in [0, 0.1) is 0 Å². The minimum absolute atomic E-state index is 0.0194. The predicted molar refractivity (Wildman–Crippen MR) is 107 cm³/mol. The zero-order valence-electron chi connectivity index (χ0n) is 15.8. The van der Waals surface area contributed by atoms with Crippen LogP contribution in [0.15, 0.2) is 71.6 Å². The van der Waals surface area contributed by atoms with Crippen molar-refractivity contribution >= 4 is 16.9 Å². The maximum absolute atomic E-state index is 12.7. The molecule has 0 aliphatic carbocycles. The van der Waals surface area contributed by atoms with Crippen LogP contribution in [0.5, 0.6) is 5.75 Å². The van der Waals surface area contributed by atoms with E-state index in [1.165, 1.54) is 0 Å². The van der Waals surface area contributed by atoms with Gasteiger partial charge in [-0.2, -0.15) is 5.10 Å². The standard InChI is InChI=1S/C22H21N3O3/c1-24(13-16-12-23-25(14-16)18-6-4-3-5-7-18)22(26)10-17-15-28-21-11-19(27-2)8-9-20(17)21/h3-9,11-12,14-15H,10,13H2,1-2H3. The molecule has 0 unspecified atom stereocenters. The van der Waals surface area contributed by atoms with Crippen molar-refractivity contribution in [2.45, 2.75) is 13.0 Å². The van der Waals surface area contributed by atoms with Crippen molar-refractivity contribution in [1.82, 2.24) is 14.7 Å². The molecule has 0 saturated carbocycles. The summed E-state index contributed by atoms with van der Waals surface area (Å²) in [5.74, 6) is 0.748. The molecule has 0 radical (unpaired) electrons. The number of amides is 1. The van der Waals surface area contributed by atoms with E-state index in [0.29, 0.717) is 12.1 Å². The van der Waals surface area contributed by atoms with Crippen LogP contribution < -0.4 is 4.74 Å². The Kier molecular flexibility index (Phi) is 4.85. The first-order valence-corrected chi connectivity index (χ1v) is 9.01. The van der Waals surface area contributed by atoms with Gasteiger partial charge < -0.3 is 14.1 Å². The summed E-state index contributed by atoms with van der Waals surface area (Å²) in [5, 5.41) is 5.31. The van der Waals surface area contributed by atoms with Crippen LogP contribution in [0.25, 0.3) is 16.7 Å². The summed E-state index contributed by atoms with van der Waals surface area (Å²) in [7, 11) is 3.41. The summed E-state index contributed by atoms with van der Waals surface area (Å²) in [6, 6.07) is 15.5. The third kappa shape index (κ3) is 3.62. The Morgan fingerprint density at radius 1 is 1.21 bits per heavy atom. The number of likely N-dealkylation sites (N-methyl/N-ethyl adjacent to an activating group) is 1. The lowest BCUT2D eigenvalue weighted by molar-refractivity contribution is -0.129. The molecule has 0 N–H and O–H groups in total. The van der Waals surface area contributed by atoms with E-state index in [-0.39, 0.29) is 12.3 Å². The van der Waals surface area contributed by atoms with Crippen molar-refractivity contribution in [3.8, 4) is 11.4 Å². The number of methoxy groups -OCH3 is 1. The summed E-state index contributed by atoms with van der Waals surface area (Å²) in [6.07, 6.45) is 5.65. The molecular weight excluding hydrogens is 354 g/mol. The Hall–Kier alpha value is -3.54. The van der Waals surface area contributed by atoms with Crippen molar-refractivity contribution in [2.75, 3.05) is 14.2 Å². The zero-order valence-corrected chi connectivity index (χ0v) is 15.8. The molecule has 4 rings (SSSR count). The van der Waals surface area contributed by atoms with Crippen LogP contribution in [-0.4, -0.2) is 34.7 Å². The Balaban J connectivity index is 1.44. The predicted octanol–water partition coefficient (Wildman–Crippen LogP) is 3.83. The first kappa shape index (κ1) is 17.9. The maximum Gasteiger partial charge on any atom is 0.227 e. The molecule has 0 spiro atoms. The quantitative estimate of drug-likeness (QED) is 0.514. The maximum atomic E-state index is 12.7. The Labute approximate surface area is 162 Å². The number of para-hydroxylation sites is 1. The molecule has 6 heteroatoms. The summed E-state index contributed by atoms with van der Waals surface area (Å²) >= 11 is 0. The number of hydrogen-bond acceptors (Lipinski definition) is 4. The summed E-state index contributed by atoms with van der Waals surface area (Å²) in [6.45, 7) is 0.495. The number of nitrogens with zero attached hydrogens (tertiary/aromatic N) is 3. The number of rotatable bonds is 6. The number of hydrogen-bond donors (Lipinski definition) is 0. The van der Waals surface area contributed by atoms with Crippen LogP contribution in [0.4, 0.5) is 0 Å². The average Bonchev–Trinajstić information content (AvgIpc) is 3.35. The van der Waals surface area contributed by atoms with Gasteiger partial charge in [0.15, 0.2) is 0 Å². The number of carbonyl (C=O) groups excluding carboxylic acids is 1. The minimum Gasteiger partial charge on any atom is -0.497 e. The number of fused-ring (bicyclic) bond motifs is 1. The molecule has 4 aromatic rings. The van der Waals surface area contributed by atoms with Gasteiger partial charge in [-0.1, -0.05) is 18.2 Å². The highest BCUT2D eigenvalue weighted by atomic mass is 16.5. The van der Waals surface area contributed by atoms with E-state index in [0.717, 1.165) is 28.0 Å². The van der Waals surface area contributed by atoms with Crippen molar-refractivity contribution in [3.63, 3.8) is 0 Å². The van der Waals surface area contributed by atoms with E-state index in [1.807, 2.05) is 59.4 Å². The molecule has 0 fully saturated rings. The molecule has 28 heavy (non-hydrogen) atoms. The van der Waals surface area contributed by atoms with E-state index in [9.17, 15) is 4.79 Å². The topological polar surface area (TPSA) is 60.5 Å². The van der Waals surface area contributed by atoms with Crippen molar-refractivity contribution in [2.24, 2.45) is 0 Å². The Bertz CT molecular complexity index is 1100. The zero-order chi connectivity index (χ0) is 19.5. The van der Waals surface area contributed by atoms with Gasteiger partial charge in [-0.3, -0.25) is 4.79 Å². The second-order valence-electron chi connectivity index (χ2n) is 6.68. The van der Waals surface area contributed by atoms with Crippen molar-refractivity contribution in [3.05, 3.63) is 78.3 Å². The molecule has 2 aromatic heterocycles. The largest absolute Gasteiger partial charge is 0.497 e. The molecule has 142 valence electrons. The average molecular weight is 375 g/mol. The van der Waals surface area contributed by atoms with Gasteiger partial charge in [-0.25, -0.2) is 4.68 Å². The Morgan fingerprint density at radius 3 is 2.82 bits per heavy atom. The highest BCUT2D eigenvalue weighted by molar-refractivity contribution is 5.88. The van der Waals surface area contributed by atoms with Gasteiger partial charge in [0.25, 0.3) is 0 Å². The van der Waals surface area contributed by atoms with Gasteiger partial charge in [0.05, 0.1) is 31.7 Å². The minimum atomic E-state index is 0.0194. The fourth-order valence-corrected chi connectivity index (χ4v) is 3.15. The second kappa shape index (κ2) is 7.60. The fourth-order valence-electron chi connectivity index (χ4n) is 3.15. The molecule has 1 amide bonds. The first-order valence-electron chi connectivity index (χ1n) is 9.01. The van der Waals surface area contributed by atoms with Crippen molar-refractivity contribution < 1.29 is 13.9 Å². The first-order chi connectivity index (χ1) is 13.6. The van der Waals surface area contributed by atoms with Crippen LogP contribution >= 0.6 is 0 Å². The fraction of sp³-hybridized carbons (Fsp3) is 0.182. The molecule has 0 aliphatic heterocycles. The monoisotopic (exact) mass is 375 g/mol. The smallest absolute Gasteiger partial charge is 0.227 e. The SMILES string of the molecule is COc1ccc2c(CC(=O)N(C)Cc3cnn(-c4ccccc4)c3)coc2c1. The van der Waals surface area contributed by atoms with Crippen LogP contribution in [0.1, 0.15) is 11.1 Å². The van der Waals surface area contributed by atoms with E-state index < -0.39 is 0 Å². The molecule has 0 aliphatic rings. The number of ether oxygens (including phenoxy) is 1. The van der Waals surface area contributed by atoms with E-state index in [4.69, 9.17) is 9.15 Å². The van der Waals surface area contributed by atoms with Gasteiger partial charge >= 0.3 is 0 Å². The highest BCUT2D eigenvalue weighted by Crippen LogP contribution is 2.26. The van der Waals surface area contributed by atoms with Gasteiger partial charge in [-0.15, -0.1) is 0 Å². The lowest BCUT2D eigenvalue weighted by Crippen LogP contribution is -2.27. The highest BCUT2D eigenvalue weighted by Gasteiger charge is 2.15. The molecule has 0 bridgehead atoms. The molecule has 6 nitrogen and oxygen atoms in total. The molecule has 2 heterocycles. The number of furan rings is 1. The normalized spacial score (nSPS) is 10.9. The lowest BCUT2D eigenvalue weighted by Gasteiger charge is -2.15. The van der Waals surface area contributed by atoms with Crippen molar-refractivity contribution in [1.29, 1.82) is 0 Å². The van der Waals surface area contributed by atoms with E-state index in [2.05, 4.69) is 5.10 Å². The van der Waals surface area contributed by atoms with Crippen LogP contribution in [-0.2, 0) is 17.8 Å². The summed E-state index contributed by atoms with van der Waals surface area (Å²) < 4.78 is 12.6. The summed E-state index contributed by atoms with van der Waals surface area (Å²) in [4.78, 5) is 14.4. The van der Waals surface area contributed by atoms with Crippen LogP contribution in [0.3, 0.4) is 0 Å². The number of carbonyl (C=O) groups is 1. The number of aromatic nitrogens is 2. The van der Waals surface area contributed by atoms with Gasteiger partial charge in [-0.05, 0) is 24.3 Å². The van der Waals surface area contributed by atoms with Gasteiger partial charge in [0.1, 0.15) is 11.3 Å². The third-order valence-electron chi connectivity index (χ3n) is 4.71. The van der Waals surface area contributed by atoms with Gasteiger partial charge in [0, 0.05) is 42.4 Å². The number of benzene rings is 2. The van der Waals surface area contributed by atoms with Gasteiger partial charge in [0.2, 0.25) is 5.91 Å². The van der Waals surface area contributed by atoms with E-state index in [1.54, 1.807) is 31.5 Å². The van der Waals surface area contributed by atoms with E-state index >= 15 is 0 Å². The van der Waals surface area contributed by atoms with Crippen LogP contribution in [0.2, 0.25) is 0 Å². The molecular formula is C22H21N3O3. The summed E-state index contributed by atoms with van der Waals surface area (Å²) in [5.41, 5.74) is 3.55.